The second-order valence-corrected chi connectivity index (χ2v) is 5.30. The third-order valence-electron chi connectivity index (χ3n) is 3.92. The van der Waals surface area contributed by atoms with Gasteiger partial charge in [0.2, 0.25) is 0 Å². The SMILES string of the molecule is CCNc1cccnc1N1CCN(c2ccc[nH]2)C(C=O)C1. The Kier molecular flexibility index (Phi) is 4.27. The summed E-state index contributed by atoms with van der Waals surface area (Å²) in [6, 6.07) is 7.72. The molecule has 0 saturated carbocycles. The highest BCUT2D eigenvalue weighted by atomic mass is 16.1. The Morgan fingerprint density at radius 3 is 3.05 bits per heavy atom. The van der Waals surface area contributed by atoms with Gasteiger partial charge < -0.3 is 24.9 Å². The van der Waals surface area contributed by atoms with Crippen LogP contribution < -0.4 is 15.1 Å². The number of rotatable bonds is 5. The third kappa shape index (κ3) is 2.77. The molecule has 2 aromatic rings. The van der Waals surface area contributed by atoms with Crippen molar-refractivity contribution in [3.63, 3.8) is 0 Å². The second-order valence-electron chi connectivity index (χ2n) is 5.30. The van der Waals surface area contributed by atoms with Crippen molar-refractivity contribution in [1.29, 1.82) is 0 Å². The van der Waals surface area contributed by atoms with Gasteiger partial charge in [-0.15, -0.1) is 0 Å². The van der Waals surface area contributed by atoms with Crippen LogP contribution in [-0.2, 0) is 4.79 Å². The molecule has 0 aromatic carbocycles. The quantitative estimate of drug-likeness (QED) is 0.823. The number of hydrogen-bond donors (Lipinski definition) is 2. The topological polar surface area (TPSA) is 64.3 Å². The maximum atomic E-state index is 11.5. The van der Waals surface area contributed by atoms with Gasteiger partial charge in [-0.25, -0.2) is 4.98 Å². The maximum absolute atomic E-state index is 11.5. The van der Waals surface area contributed by atoms with E-state index in [-0.39, 0.29) is 6.04 Å². The van der Waals surface area contributed by atoms with Crippen molar-refractivity contribution in [1.82, 2.24) is 9.97 Å². The standard InChI is InChI=1S/C16H21N5O/c1-2-17-14-5-3-8-19-16(14)20-9-10-21(13(11-20)12-22)15-6-4-7-18-15/h3-8,12-13,17-18H,2,9-11H2,1H3. The van der Waals surface area contributed by atoms with Crippen LogP contribution in [0.4, 0.5) is 17.3 Å². The molecule has 0 spiro atoms. The number of nitrogens with one attached hydrogen (secondary N) is 2. The number of carbonyl (C=O) groups excluding carboxylic acids is 1. The van der Waals surface area contributed by atoms with Gasteiger partial charge in [0, 0.05) is 38.6 Å². The maximum Gasteiger partial charge on any atom is 0.152 e. The number of H-pyrrole nitrogens is 1. The lowest BCUT2D eigenvalue weighted by Gasteiger charge is -2.40. The molecule has 0 bridgehead atoms. The fourth-order valence-electron chi connectivity index (χ4n) is 2.89. The molecule has 0 radical (unpaired) electrons. The Morgan fingerprint density at radius 2 is 2.32 bits per heavy atom. The van der Waals surface area contributed by atoms with Gasteiger partial charge in [-0.1, -0.05) is 0 Å². The van der Waals surface area contributed by atoms with Crippen LogP contribution in [0.5, 0.6) is 0 Å². The van der Waals surface area contributed by atoms with E-state index < -0.39 is 0 Å². The molecule has 1 unspecified atom stereocenters. The summed E-state index contributed by atoms with van der Waals surface area (Å²) < 4.78 is 0. The van der Waals surface area contributed by atoms with Crippen molar-refractivity contribution in [3.8, 4) is 0 Å². The van der Waals surface area contributed by atoms with Gasteiger partial charge in [-0.3, -0.25) is 0 Å². The smallest absolute Gasteiger partial charge is 0.152 e. The van der Waals surface area contributed by atoms with Crippen LogP contribution in [0, 0.1) is 0 Å². The van der Waals surface area contributed by atoms with Crippen molar-refractivity contribution in [2.24, 2.45) is 0 Å². The monoisotopic (exact) mass is 299 g/mol. The summed E-state index contributed by atoms with van der Waals surface area (Å²) in [7, 11) is 0. The first-order valence-electron chi connectivity index (χ1n) is 7.62. The summed E-state index contributed by atoms with van der Waals surface area (Å²) in [4.78, 5) is 23.5. The molecule has 3 heterocycles. The number of hydrogen-bond acceptors (Lipinski definition) is 5. The first-order chi connectivity index (χ1) is 10.8. The highest BCUT2D eigenvalue weighted by Gasteiger charge is 2.28. The van der Waals surface area contributed by atoms with Crippen LogP contribution in [0.3, 0.4) is 0 Å². The summed E-state index contributed by atoms with van der Waals surface area (Å²) in [6.07, 6.45) is 4.69. The predicted octanol–water partition coefficient (Wildman–Crippen LogP) is 1.74. The number of piperazine rings is 1. The average molecular weight is 299 g/mol. The zero-order chi connectivity index (χ0) is 15.4. The number of aromatic nitrogens is 2. The molecule has 2 N–H and O–H groups in total. The fourth-order valence-corrected chi connectivity index (χ4v) is 2.89. The molecule has 1 aliphatic rings. The lowest BCUT2D eigenvalue weighted by Crippen LogP contribution is -2.54. The van der Waals surface area contributed by atoms with E-state index in [0.717, 1.165) is 43.2 Å². The number of nitrogens with zero attached hydrogens (tertiary/aromatic N) is 3. The Morgan fingerprint density at radius 1 is 1.41 bits per heavy atom. The minimum absolute atomic E-state index is 0.177. The zero-order valence-corrected chi connectivity index (χ0v) is 12.7. The highest BCUT2D eigenvalue weighted by Crippen LogP contribution is 2.26. The molecule has 6 nitrogen and oxygen atoms in total. The first-order valence-corrected chi connectivity index (χ1v) is 7.62. The lowest BCUT2D eigenvalue weighted by molar-refractivity contribution is -0.108. The van der Waals surface area contributed by atoms with E-state index in [1.807, 2.05) is 30.5 Å². The van der Waals surface area contributed by atoms with Crippen molar-refractivity contribution in [2.75, 3.05) is 41.3 Å². The van der Waals surface area contributed by atoms with Gasteiger partial charge in [-0.2, -0.15) is 0 Å². The first kappa shape index (κ1) is 14.4. The minimum atomic E-state index is -0.177. The Bertz CT molecular complexity index is 613. The van der Waals surface area contributed by atoms with Gasteiger partial charge in [0.25, 0.3) is 0 Å². The van der Waals surface area contributed by atoms with Crippen molar-refractivity contribution < 1.29 is 4.79 Å². The van der Waals surface area contributed by atoms with Crippen LogP contribution in [0.2, 0.25) is 0 Å². The van der Waals surface area contributed by atoms with Crippen molar-refractivity contribution in [3.05, 3.63) is 36.7 Å². The lowest BCUT2D eigenvalue weighted by atomic mass is 10.1. The normalized spacial score (nSPS) is 18.3. The van der Waals surface area contributed by atoms with Gasteiger partial charge >= 0.3 is 0 Å². The molecule has 1 fully saturated rings. The Labute approximate surface area is 130 Å². The molecular weight excluding hydrogens is 278 g/mol. The van der Waals surface area contributed by atoms with Crippen LogP contribution in [0.15, 0.2) is 36.7 Å². The second kappa shape index (κ2) is 6.51. The number of aromatic amines is 1. The van der Waals surface area contributed by atoms with Crippen LogP contribution in [0.25, 0.3) is 0 Å². The van der Waals surface area contributed by atoms with Gasteiger partial charge in [0.15, 0.2) is 5.82 Å². The van der Waals surface area contributed by atoms with E-state index in [1.54, 1.807) is 6.20 Å². The van der Waals surface area contributed by atoms with Crippen LogP contribution in [-0.4, -0.2) is 48.5 Å². The molecule has 1 atom stereocenters. The Balaban J connectivity index is 1.80. The van der Waals surface area contributed by atoms with E-state index in [9.17, 15) is 4.79 Å². The van der Waals surface area contributed by atoms with Gasteiger partial charge in [0.1, 0.15) is 18.1 Å². The van der Waals surface area contributed by atoms with E-state index in [0.29, 0.717) is 6.54 Å². The third-order valence-corrected chi connectivity index (χ3v) is 3.92. The summed E-state index contributed by atoms with van der Waals surface area (Å²) in [6.45, 7) is 5.16. The summed E-state index contributed by atoms with van der Waals surface area (Å²) in [5.74, 6) is 1.91. The zero-order valence-electron chi connectivity index (χ0n) is 12.7. The van der Waals surface area contributed by atoms with Crippen molar-refractivity contribution in [2.45, 2.75) is 13.0 Å². The largest absolute Gasteiger partial charge is 0.382 e. The molecule has 6 heteroatoms. The number of carbonyl (C=O) groups is 1. The Hall–Kier alpha value is -2.50. The van der Waals surface area contributed by atoms with Crippen LogP contribution in [0.1, 0.15) is 6.92 Å². The summed E-state index contributed by atoms with van der Waals surface area (Å²) >= 11 is 0. The van der Waals surface area contributed by atoms with Crippen LogP contribution >= 0.6 is 0 Å². The molecule has 0 aliphatic carbocycles. The van der Waals surface area contributed by atoms with Gasteiger partial charge in [-0.05, 0) is 31.2 Å². The average Bonchev–Trinajstić information content (AvgIpc) is 3.09. The highest BCUT2D eigenvalue weighted by molar-refractivity contribution is 5.71. The number of anilines is 3. The predicted molar refractivity (Wildman–Crippen MR) is 88.6 cm³/mol. The molecule has 116 valence electrons. The number of pyridine rings is 1. The number of aldehydes is 1. The van der Waals surface area contributed by atoms with E-state index in [4.69, 9.17) is 0 Å². The van der Waals surface area contributed by atoms with E-state index in [1.165, 1.54) is 0 Å². The molecule has 3 rings (SSSR count). The summed E-state index contributed by atoms with van der Waals surface area (Å²) in [5.41, 5.74) is 1.02. The molecular formula is C16H21N5O. The molecule has 22 heavy (non-hydrogen) atoms. The molecule has 2 aromatic heterocycles. The molecule has 0 amide bonds. The molecule has 1 aliphatic heterocycles. The van der Waals surface area contributed by atoms with E-state index in [2.05, 4.69) is 32.0 Å². The van der Waals surface area contributed by atoms with Crippen molar-refractivity contribution >= 4 is 23.6 Å². The minimum Gasteiger partial charge on any atom is -0.382 e. The summed E-state index contributed by atoms with van der Waals surface area (Å²) in [5, 5.41) is 3.33. The molecule has 1 saturated heterocycles. The van der Waals surface area contributed by atoms with Gasteiger partial charge in [0.05, 0.1) is 5.69 Å². The van der Waals surface area contributed by atoms with E-state index >= 15 is 0 Å². The fraction of sp³-hybridized carbons (Fsp3) is 0.375.